The van der Waals surface area contributed by atoms with Crippen molar-refractivity contribution >= 4 is 17.9 Å². The van der Waals surface area contributed by atoms with Crippen LogP contribution in [0.25, 0.3) is 0 Å². The van der Waals surface area contributed by atoms with Gasteiger partial charge in [-0.2, -0.15) is 0 Å². The van der Waals surface area contributed by atoms with Crippen molar-refractivity contribution in [3.05, 3.63) is 48.6 Å². The maximum absolute atomic E-state index is 12.8. The van der Waals surface area contributed by atoms with Crippen molar-refractivity contribution in [2.45, 2.75) is 270 Å². The van der Waals surface area contributed by atoms with Crippen molar-refractivity contribution < 1.29 is 38.2 Å². The van der Waals surface area contributed by atoms with Gasteiger partial charge in [0.05, 0.1) is 40.3 Å². The van der Waals surface area contributed by atoms with Crippen LogP contribution in [0.4, 0.5) is 0 Å². The second-order valence-corrected chi connectivity index (χ2v) is 20.2. The van der Waals surface area contributed by atoms with Crippen LogP contribution in [0.2, 0.25) is 0 Å². The quantitative estimate of drug-likeness (QED) is 0.0259. The maximum atomic E-state index is 12.8. The molecular formula is C59H107NO7. The number of carbonyl (C=O) groups excluding carboxylic acids is 3. The number of esters is 2. The first-order chi connectivity index (χ1) is 32.6. The van der Waals surface area contributed by atoms with Crippen LogP contribution >= 0.6 is 0 Å². The van der Waals surface area contributed by atoms with E-state index in [1.165, 1.54) is 161 Å². The molecular weight excluding hydrogens is 835 g/mol. The molecule has 8 heteroatoms. The summed E-state index contributed by atoms with van der Waals surface area (Å²) in [5, 5.41) is 11.7. The number of carbonyl (C=O) groups is 3. The predicted octanol–water partition coefficient (Wildman–Crippen LogP) is 15.4. The summed E-state index contributed by atoms with van der Waals surface area (Å²) < 4.78 is 17.3. The number of rotatable bonds is 51. The molecule has 2 unspecified atom stereocenters. The summed E-state index contributed by atoms with van der Waals surface area (Å²) in [6.45, 7) is 4.59. The highest BCUT2D eigenvalue weighted by atomic mass is 16.6. The van der Waals surface area contributed by atoms with E-state index in [0.29, 0.717) is 12.8 Å². The highest BCUT2D eigenvalue weighted by molar-refractivity contribution is 5.70. The molecule has 390 valence electrons. The van der Waals surface area contributed by atoms with E-state index in [1.807, 2.05) is 21.1 Å². The van der Waals surface area contributed by atoms with Gasteiger partial charge in [0.15, 0.2) is 6.10 Å². The Morgan fingerprint density at radius 3 is 1.24 bits per heavy atom. The first kappa shape index (κ1) is 64.3. The van der Waals surface area contributed by atoms with Crippen LogP contribution in [-0.2, 0) is 28.6 Å². The Hall–Kier alpha value is -2.71. The molecule has 0 saturated carbocycles. The lowest BCUT2D eigenvalue weighted by atomic mass is 10.0. The third-order valence-corrected chi connectivity index (χ3v) is 12.7. The van der Waals surface area contributed by atoms with Gasteiger partial charge in [0.25, 0.3) is 0 Å². The van der Waals surface area contributed by atoms with E-state index in [2.05, 4.69) is 62.5 Å². The fourth-order valence-corrected chi connectivity index (χ4v) is 8.42. The lowest BCUT2D eigenvalue weighted by molar-refractivity contribution is -0.889. The number of ether oxygens (including phenoxy) is 3. The van der Waals surface area contributed by atoms with Crippen molar-refractivity contribution in [1.82, 2.24) is 0 Å². The number of hydrogen-bond donors (Lipinski definition) is 0. The Labute approximate surface area is 414 Å². The van der Waals surface area contributed by atoms with Gasteiger partial charge in [0.1, 0.15) is 12.6 Å². The highest BCUT2D eigenvalue weighted by Crippen LogP contribution is 2.17. The molecule has 0 rings (SSSR count). The number of nitrogens with zero attached hydrogens (tertiary/aromatic N) is 1. The molecule has 8 nitrogen and oxygen atoms in total. The minimum absolute atomic E-state index is 0.0413. The Balaban J connectivity index is 4.17. The molecule has 0 N–H and O–H groups in total. The SMILES string of the molecule is CC/C=C/C/C=C/C/C=C/C/C=C/CCCCCCCCCCCCC(=O)OC(COCCC(C(=O)[O-])[N+](C)(C)C)COC(=O)CCCCCCCCCCCCCCCCCCCCCC. The van der Waals surface area contributed by atoms with Crippen molar-refractivity contribution in [2.24, 2.45) is 0 Å². The summed E-state index contributed by atoms with van der Waals surface area (Å²) in [4.78, 5) is 37.1. The van der Waals surface area contributed by atoms with Crippen LogP contribution in [0.5, 0.6) is 0 Å². The Morgan fingerprint density at radius 2 is 0.836 bits per heavy atom. The first-order valence-electron chi connectivity index (χ1n) is 28.2. The lowest BCUT2D eigenvalue weighted by Gasteiger charge is -2.34. The van der Waals surface area contributed by atoms with Gasteiger partial charge in [-0.15, -0.1) is 0 Å². The lowest BCUT2D eigenvalue weighted by Crippen LogP contribution is -2.55. The van der Waals surface area contributed by atoms with Crippen LogP contribution in [-0.4, -0.2) is 75.5 Å². The second-order valence-electron chi connectivity index (χ2n) is 20.2. The molecule has 0 spiro atoms. The van der Waals surface area contributed by atoms with Gasteiger partial charge in [-0.1, -0.05) is 236 Å². The van der Waals surface area contributed by atoms with E-state index in [4.69, 9.17) is 14.2 Å². The van der Waals surface area contributed by atoms with E-state index >= 15 is 0 Å². The molecule has 0 aromatic heterocycles. The smallest absolute Gasteiger partial charge is 0.306 e. The van der Waals surface area contributed by atoms with E-state index < -0.39 is 18.1 Å². The van der Waals surface area contributed by atoms with Crippen LogP contribution < -0.4 is 5.11 Å². The molecule has 0 aromatic carbocycles. The molecule has 0 aliphatic rings. The average molecular weight is 943 g/mol. The summed E-state index contributed by atoms with van der Waals surface area (Å²) in [6.07, 6.45) is 61.5. The Bertz CT molecular complexity index is 1230. The fraction of sp³-hybridized carbons (Fsp3) is 0.814. The van der Waals surface area contributed by atoms with E-state index in [9.17, 15) is 19.5 Å². The topological polar surface area (TPSA) is 102 Å². The number of quaternary nitrogens is 1. The van der Waals surface area contributed by atoms with Crippen LogP contribution in [0.3, 0.4) is 0 Å². The monoisotopic (exact) mass is 942 g/mol. The van der Waals surface area contributed by atoms with Gasteiger partial charge >= 0.3 is 11.9 Å². The number of unbranched alkanes of at least 4 members (excludes halogenated alkanes) is 29. The van der Waals surface area contributed by atoms with Crippen molar-refractivity contribution in [3.63, 3.8) is 0 Å². The number of allylic oxidation sites excluding steroid dienone is 8. The van der Waals surface area contributed by atoms with Gasteiger partial charge < -0.3 is 28.6 Å². The number of likely N-dealkylation sites (N-methyl/N-ethyl adjacent to an activating group) is 1. The Kier molecular flexibility index (Phi) is 47.7. The predicted molar refractivity (Wildman–Crippen MR) is 282 cm³/mol. The van der Waals surface area contributed by atoms with Crippen molar-refractivity contribution in [3.8, 4) is 0 Å². The molecule has 0 aliphatic carbocycles. The summed E-state index contributed by atoms with van der Waals surface area (Å²) >= 11 is 0. The summed E-state index contributed by atoms with van der Waals surface area (Å²) in [5.41, 5.74) is 0. The van der Waals surface area contributed by atoms with Gasteiger partial charge in [0, 0.05) is 19.3 Å². The molecule has 2 atom stereocenters. The summed E-state index contributed by atoms with van der Waals surface area (Å²) in [5.74, 6) is -1.72. The van der Waals surface area contributed by atoms with E-state index in [1.54, 1.807) is 0 Å². The van der Waals surface area contributed by atoms with Crippen molar-refractivity contribution in [1.29, 1.82) is 0 Å². The molecule has 0 aliphatic heterocycles. The molecule has 0 fully saturated rings. The normalized spacial score (nSPS) is 13.1. The number of aliphatic carboxylic acids is 1. The third kappa shape index (κ3) is 48.1. The zero-order chi connectivity index (χ0) is 49.2. The standard InChI is InChI=1S/C59H107NO7/c1-6-8-10-12-14-16-18-20-22-24-26-28-29-30-32-34-36-38-40-42-44-46-48-50-58(62)67-55(53-65-52-51-56(59(63)64)60(3,4)5)54-66-57(61)49-47-45-43-41-39-37-35-33-31-27-25-23-21-19-17-15-13-11-9-7-2/h8,10,14,16,20,22,26,28,55-56H,6-7,9,11-13,15,17-19,21,23-25,27,29-54H2,1-5H3/b10-8+,16-14+,22-20+,28-26+. The molecule has 0 heterocycles. The van der Waals surface area contributed by atoms with Gasteiger partial charge in [0.2, 0.25) is 0 Å². The summed E-state index contributed by atoms with van der Waals surface area (Å²) in [7, 11) is 5.43. The highest BCUT2D eigenvalue weighted by Gasteiger charge is 2.25. The third-order valence-electron chi connectivity index (χ3n) is 12.7. The zero-order valence-corrected chi connectivity index (χ0v) is 44.6. The van der Waals surface area contributed by atoms with Gasteiger partial charge in [-0.25, -0.2) is 0 Å². The van der Waals surface area contributed by atoms with Gasteiger partial charge in [-0.05, 0) is 51.4 Å². The number of carboxylic acids is 1. The van der Waals surface area contributed by atoms with Gasteiger partial charge in [-0.3, -0.25) is 9.59 Å². The maximum Gasteiger partial charge on any atom is 0.306 e. The van der Waals surface area contributed by atoms with E-state index in [-0.39, 0.29) is 42.7 Å². The van der Waals surface area contributed by atoms with Crippen LogP contribution in [0.1, 0.15) is 258 Å². The fourth-order valence-electron chi connectivity index (χ4n) is 8.42. The van der Waals surface area contributed by atoms with Crippen LogP contribution in [0, 0.1) is 0 Å². The Morgan fingerprint density at radius 1 is 0.463 bits per heavy atom. The summed E-state index contributed by atoms with van der Waals surface area (Å²) in [6, 6.07) is -0.727. The van der Waals surface area contributed by atoms with Crippen LogP contribution in [0.15, 0.2) is 48.6 Å². The minimum atomic E-state index is -1.12. The second kappa shape index (κ2) is 49.7. The molecule has 0 aromatic rings. The molecule has 0 radical (unpaired) electrons. The molecule has 0 bridgehead atoms. The zero-order valence-electron chi connectivity index (χ0n) is 44.6. The number of carboxylic acid groups (broad SMARTS) is 1. The molecule has 0 saturated heterocycles. The average Bonchev–Trinajstić information content (AvgIpc) is 3.29. The molecule has 0 amide bonds. The first-order valence-corrected chi connectivity index (χ1v) is 28.2. The number of hydrogen-bond acceptors (Lipinski definition) is 7. The molecule has 67 heavy (non-hydrogen) atoms. The van der Waals surface area contributed by atoms with Crippen molar-refractivity contribution in [2.75, 3.05) is 41.0 Å². The minimum Gasteiger partial charge on any atom is -0.544 e. The van der Waals surface area contributed by atoms with E-state index in [0.717, 1.165) is 64.2 Å². The largest absolute Gasteiger partial charge is 0.544 e.